The summed E-state index contributed by atoms with van der Waals surface area (Å²) in [6.45, 7) is 3.08. The predicted molar refractivity (Wildman–Crippen MR) is 114 cm³/mol. The van der Waals surface area contributed by atoms with Gasteiger partial charge in [0.1, 0.15) is 11.6 Å². The summed E-state index contributed by atoms with van der Waals surface area (Å²) in [6.07, 6.45) is 2.74. The van der Waals surface area contributed by atoms with Crippen molar-refractivity contribution in [1.82, 2.24) is 4.57 Å². The Kier molecular flexibility index (Phi) is 4.85. The maximum atomic E-state index is 14.3. The van der Waals surface area contributed by atoms with Crippen LogP contribution in [0.15, 0.2) is 42.5 Å². The Hall–Kier alpha value is -2.73. The number of aliphatic carboxylic acids is 1. The van der Waals surface area contributed by atoms with Gasteiger partial charge in [-0.05, 0) is 86.6 Å². The fraction of sp³-hybridized carbons (Fsp3) is 0.400. The molecule has 4 nitrogen and oxygen atoms in total. The van der Waals surface area contributed by atoms with E-state index >= 15 is 0 Å². The Labute approximate surface area is 179 Å². The van der Waals surface area contributed by atoms with Crippen LogP contribution in [0, 0.1) is 17.0 Å². The molecule has 2 aromatic carbocycles. The number of carboxylic acid groups (broad SMARTS) is 1. The molecule has 1 aromatic heterocycles. The SMILES string of the molecule is C[C@]1(C(=O)O)C[C@H](c2c(C3CCOCC3)n(-c3ccc(F)cc3)c3ccc(F)cc32)C1. The van der Waals surface area contributed by atoms with Crippen LogP contribution in [0.5, 0.6) is 0 Å². The number of hydrogen-bond donors (Lipinski definition) is 1. The lowest BCUT2D eigenvalue weighted by Crippen LogP contribution is -2.40. The molecule has 0 atom stereocenters. The topological polar surface area (TPSA) is 51.5 Å². The van der Waals surface area contributed by atoms with Crippen molar-refractivity contribution in [3.63, 3.8) is 0 Å². The number of hydrogen-bond acceptors (Lipinski definition) is 2. The summed E-state index contributed by atoms with van der Waals surface area (Å²) in [5.74, 6) is -1.16. The van der Waals surface area contributed by atoms with E-state index in [1.54, 1.807) is 31.2 Å². The van der Waals surface area contributed by atoms with Gasteiger partial charge in [0.2, 0.25) is 0 Å². The molecule has 0 bridgehead atoms. The van der Waals surface area contributed by atoms with Crippen molar-refractivity contribution in [2.24, 2.45) is 5.41 Å². The van der Waals surface area contributed by atoms with Crippen molar-refractivity contribution in [1.29, 1.82) is 0 Å². The van der Waals surface area contributed by atoms with Crippen LogP contribution in [-0.4, -0.2) is 28.9 Å². The Balaban J connectivity index is 1.75. The zero-order valence-corrected chi connectivity index (χ0v) is 17.4. The normalized spacial score (nSPS) is 24.3. The summed E-state index contributed by atoms with van der Waals surface area (Å²) in [7, 11) is 0. The molecular formula is C25H25F2NO3. The van der Waals surface area contributed by atoms with Crippen molar-refractivity contribution >= 4 is 16.9 Å². The molecule has 0 unspecified atom stereocenters. The summed E-state index contributed by atoms with van der Waals surface area (Å²) in [4.78, 5) is 11.7. The zero-order valence-electron chi connectivity index (χ0n) is 17.4. The van der Waals surface area contributed by atoms with Crippen LogP contribution in [0.4, 0.5) is 8.78 Å². The fourth-order valence-corrected chi connectivity index (χ4v) is 5.38. The van der Waals surface area contributed by atoms with Gasteiger partial charge in [-0.3, -0.25) is 4.79 Å². The fourth-order valence-electron chi connectivity index (χ4n) is 5.38. The molecule has 2 heterocycles. The second kappa shape index (κ2) is 7.45. The minimum absolute atomic E-state index is 0.0462. The highest BCUT2D eigenvalue weighted by molar-refractivity contribution is 5.89. The third-order valence-corrected chi connectivity index (χ3v) is 7.02. The Morgan fingerprint density at radius 2 is 1.68 bits per heavy atom. The lowest BCUT2D eigenvalue weighted by Gasteiger charge is -2.43. The van der Waals surface area contributed by atoms with Crippen LogP contribution in [0.25, 0.3) is 16.6 Å². The first kappa shape index (κ1) is 20.2. The van der Waals surface area contributed by atoms with Crippen molar-refractivity contribution in [2.45, 2.75) is 44.4 Å². The van der Waals surface area contributed by atoms with E-state index in [1.807, 2.05) is 0 Å². The van der Waals surface area contributed by atoms with Crippen molar-refractivity contribution in [3.8, 4) is 5.69 Å². The van der Waals surface area contributed by atoms with Gasteiger partial charge in [0.05, 0.1) is 10.9 Å². The molecule has 1 saturated carbocycles. The van der Waals surface area contributed by atoms with Gasteiger partial charge in [-0.2, -0.15) is 0 Å². The summed E-state index contributed by atoms with van der Waals surface area (Å²) in [5, 5.41) is 10.4. The van der Waals surface area contributed by atoms with E-state index in [0.717, 1.165) is 40.7 Å². The highest BCUT2D eigenvalue weighted by atomic mass is 19.1. The molecular weight excluding hydrogens is 400 g/mol. The van der Waals surface area contributed by atoms with Crippen LogP contribution < -0.4 is 0 Å². The van der Waals surface area contributed by atoms with Gasteiger partial charge in [-0.1, -0.05) is 0 Å². The number of rotatable bonds is 4. The number of halogens is 2. The standard InChI is InChI=1S/C25H25F2NO3/c1-25(24(29)30)13-16(14-25)22-20-12-18(27)4-7-21(20)28(19-5-2-17(26)3-6-19)23(22)15-8-10-31-11-9-15/h2-7,12,15-16H,8-11,13-14H2,1H3,(H,29,30)/t16-,25-. The largest absolute Gasteiger partial charge is 0.481 e. The van der Waals surface area contributed by atoms with Gasteiger partial charge >= 0.3 is 5.97 Å². The first-order valence-electron chi connectivity index (χ1n) is 10.8. The minimum atomic E-state index is -0.787. The molecule has 1 saturated heterocycles. The second-order valence-corrected chi connectivity index (χ2v) is 9.13. The minimum Gasteiger partial charge on any atom is -0.481 e. The van der Waals surface area contributed by atoms with E-state index in [-0.39, 0.29) is 23.5 Å². The first-order valence-corrected chi connectivity index (χ1v) is 10.8. The molecule has 1 N–H and O–H groups in total. The van der Waals surface area contributed by atoms with E-state index in [2.05, 4.69) is 4.57 Å². The molecule has 5 rings (SSSR count). The molecule has 3 aromatic rings. The smallest absolute Gasteiger partial charge is 0.309 e. The van der Waals surface area contributed by atoms with Crippen molar-refractivity contribution in [2.75, 3.05) is 13.2 Å². The highest BCUT2D eigenvalue weighted by Crippen LogP contribution is 2.55. The van der Waals surface area contributed by atoms with Gasteiger partial charge in [0, 0.05) is 35.9 Å². The molecule has 0 radical (unpaired) electrons. The van der Waals surface area contributed by atoms with Gasteiger partial charge in [-0.15, -0.1) is 0 Å². The van der Waals surface area contributed by atoms with Crippen LogP contribution >= 0.6 is 0 Å². The van der Waals surface area contributed by atoms with Crippen LogP contribution in [0.3, 0.4) is 0 Å². The summed E-state index contributed by atoms with van der Waals surface area (Å²) in [6, 6.07) is 11.1. The Bertz CT molecular complexity index is 1140. The van der Waals surface area contributed by atoms with Gasteiger partial charge in [0.25, 0.3) is 0 Å². The zero-order chi connectivity index (χ0) is 21.8. The molecule has 31 heavy (non-hydrogen) atoms. The number of aromatic nitrogens is 1. The van der Waals surface area contributed by atoms with E-state index in [4.69, 9.17) is 4.74 Å². The van der Waals surface area contributed by atoms with Crippen LogP contribution in [0.2, 0.25) is 0 Å². The van der Waals surface area contributed by atoms with Gasteiger partial charge in [0.15, 0.2) is 0 Å². The number of nitrogens with zero attached hydrogens (tertiary/aromatic N) is 1. The molecule has 1 aliphatic carbocycles. The van der Waals surface area contributed by atoms with Crippen molar-refractivity contribution < 1.29 is 23.4 Å². The predicted octanol–water partition coefficient (Wildman–Crippen LogP) is 5.77. The molecule has 0 amide bonds. The lowest BCUT2D eigenvalue weighted by molar-refractivity contribution is -0.154. The Morgan fingerprint density at radius 1 is 1.03 bits per heavy atom. The van der Waals surface area contributed by atoms with Crippen molar-refractivity contribution in [3.05, 3.63) is 65.4 Å². The summed E-state index contributed by atoms with van der Waals surface area (Å²) in [5.41, 5.74) is 3.08. The maximum Gasteiger partial charge on any atom is 0.309 e. The van der Waals surface area contributed by atoms with Gasteiger partial charge in [-0.25, -0.2) is 8.78 Å². The van der Waals surface area contributed by atoms with E-state index in [0.29, 0.717) is 26.1 Å². The number of carbonyl (C=O) groups is 1. The molecule has 2 fully saturated rings. The average molecular weight is 425 g/mol. The molecule has 2 aliphatic rings. The molecule has 0 spiro atoms. The monoisotopic (exact) mass is 425 g/mol. The number of carboxylic acids is 1. The summed E-state index contributed by atoms with van der Waals surface area (Å²) < 4.78 is 35.7. The number of ether oxygens (including phenoxy) is 1. The van der Waals surface area contributed by atoms with Gasteiger partial charge < -0.3 is 14.4 Å². The maximum absolute atomic E-state index is 14.3. The number of fused-ring (bicyclic) bond motifs is 1. The highest BCUT2D eigenvalue weighted by Gasteiger charge is 2.49. The van der Waals surface area contributed by atoms with Crippen LogP contribution in [-0.2, 0) is 9.53 Å². The molecule has 1 aliphatic heterocycles. The molecule has 6 heteroatoms. The third kappa shape index (κ3) is 3.33. The van der Waals surface area contributed by atoms with E-state index in [9.17, 15) is 18.7 Å². The Morgan fingerprint density at radius 3 is 2.32 bits per heavy atom. The second-order valence-electron chi connectivity index (χ2n) is 9.13. The van der Waals surface area contributed by atoms with E-state index < -0.39 is 11.4 Å². The third-order valence-electron chi connectivity index (χ3n) is 7.02. The quantitative estimate of drug-likeness (QED) is 0.577. The average Bonchev–Trinajstić information content (AvgIpc) is 3.06. The number of benzene rings is 2. The molecule has 162 valence electrons. The van der Waals surface area contributed by atoms with Crippen LogP contribution in [0.1, 0.15) is 55.7 Å². The first-order chi connectivity index (χ1) is 14.9. The van der Waals surface area contributed by atoms with E-state index in [1.165, 1.54) is 18.2 Å². The lowest BCUT2D eigenvalue weighted by atomic mass is 9.60. The summed E-state index contributed by atoms with van der Waals surface area (Å²) >= 11 is 0.